The van der Waals surface area contributed by atoms with Gasteiger partial charge in [0.25, 0.3) is 0 Å². The molecule has 0 spiro atoms. The van der Waals surface area contributed by atoms with Crippen molar-refractivity contribution < 1.29 is 0 Å². The first-order chi connectivity index (χ1) is 9.31. The third kappa shape index (κ3) is 3.56. The van der Waals surface area contributed by atoms with E-state index in [1.165, 1.54) is 5.56 Å². The van der Waals surface area contributed by atoms with Gasteiger partial charge in [-0.15, -0.1) is 12.4 Å². The number of imidazole rings is 1. The highest BCUT2D eigenvalue weighted by atomic mass is 35.5. The van der Waals surface area contributed by atoms with Crippen molar-refractivity contribution in [2.75, 3.05) is 19.6 Å². The molecular formula is C14H20ClN5. The van der Waals surface area contributed by atoms with Crippen molar-refractivity contribution in [1.29, 1.82) is 0 Å². The topological polar surface area (TPSA) is 46.0 Å². The van der Waals surface area contributed by atoms with E-state index >= 15 is 0 Å². The van der Waals surface area contributed by atoms with Gasteiger partial charge in [0.2, 0.25) is 0 Å². The molecule has 2 aromatic rings. The average Bonchev–Trinajstić information content (AvgIpc) is 2.94. The van der Waals surface area contributed by atoms with E-state index in [1.54, 1.807) is 12.5 Å². The fourth-order valence-corrected chi connectivity index (χ4v) is 2.47. The third-order valence-corrected chi connectivity index (χ3v) is 3.44. The molecule has 0 saturated carbocycles. The highest BCUT2D eigenvalue weighted by Gasteiger charge is 2.15. The number of hydrogen-bond acceptors (Lipinski definition) is 4. The Hall–Kier alpha value is -1.43. The predicted octanol–water partition coefficient (Wildman–Crippen LogP) is 1.48. The molecule has 1 N–H and O–H groups in total. The molecule has 0 unspecified atom stereocenters. The van der Waals surface area contributed by atoms with Crippen molar-refractivity contribution in [2.24, 2.45) is 0 Å². The smallest absolute Gasteiger partial charge is 0.137 e. The first-order valence-corrected chi connectivity index (χ1v) is 6.70. The van der Waals surface area contributed by atoms with Crippen molar-refractivity contribution >= 4 is 12.4 Å². The Balaban J connectivity index is 0.00000147. The second-order valence-corrected chi connectivity index (χ2v) is 5.08. The van der Waals surface area contributed by atoms with Crippen molar-refractivity contribution in [3.63, 3.8) is 0 Å². The number of pyridine rings is 1. The Morgan fingerprint density at radius 1 is 1.40 bits per heavy atom. The quantitative estimate of drug-likeness (QED) is 0.931. The van der Waals surface area contributed by atoms with Gasteiger partial charge in [0.15, 0.2) is 0 Å². The first kappa shape index (κ1) is 15.0. The van der Waals surface area contributed by atoms with Gasteiger partial charge in [-0.3, -0.25) is 9.47 Å². The SMILES string of the molecule is C[C@H]1CN(Cc2ccc(-n3ccnc3)nc2)CCN1.Cl. The minimum absolute atomic E-state index is 0. The zero-order chi connectivity index (χ0) is 13.1. The Labute approximate surface area is 125 Å². The Morgan fingerprint density at radius 3 is 2.95 bits per heavy atom. The monoisotopic (exact) mass is 293 g/mol. The lowest BCUT2D eigenvalue weighted by Gasteiger charge is -2.31. The number of nitrogens with one attached hydrogen (secondary N) is 1. The van der Waals surface area contributed by atoms with E-state index in [0.717, 1.165) is 32.0 Å². The summed E-state index contributed by atoms with van der Waals surface area (Å²) in [5.41, 5.74) is 1.26. The standard InChI is InChI=1S/C14H19N5.ClH/c1-12-9-18(6-5-16-12)10-13-2-3-14(17-8-13)19-7-4-15-11-19;/h2-4,7-8,11-12,16H,5-6,9-10H2,1H3;1H/t12-;/m0./s1. The molecule has 0 radical (unpaired) electrons. The molecule has 3 heterocycles. The van der Waals surface area contributed by atoms with Gasteiger partial charge in [-0.25, -0.2) is 9.97 Å². The highest BCUT2D eigenvalue weighted by Crippen LogP contribution is 2.09. The van der Waals surface area contributed by atoms with Crippen molar-refractivity contribution in [3.8, 4) is 5.82 Å². The van der Waals surface area contributed by atoms with Crippen LogP contribution in [0.5, 0.6) is 0 Å². The maximum atomic E-state index is 4.49. The van der Waals surface area contributed by atoms with Crippen LogP contribution in [0.3, 0.4) is 0 Å². The molecule has 0 bridgehead atoms. The van der Waals surface area contributed by atoms with Crippen LogP contribution >= 0.6 is 12.4 Å². The van der Waals surface area contributed by atoms with Crippen LogP contribution in [0.1, 0.15) is 12.5 Å². The van der Waals surface area contributed by atoms with Crippen molar-refractivity contribution in [2.45, 2.75) is 19.5 Å². The summed E-state index contributed by atoms with van der Waals surface area (Å²) in [5.74, 6) is 0.912. The zero-order valence-corrected chi connectivity index (χ0v) is 12.4. The van der Waals surface area contributed by atoms with E-state index in [4.69, 9.17) is 0 Å². The molecule has 1 atom stereocenters. The minimum Gasteiger partial charge on any atom is -0.312 e. The van der Waals surface area contributed by atoms with Gasteiger partial charge in [0, 0.05) is 50.8 Å². The molecule has 20 heavy (non-hydrogen) atoms. The molecule has 1 aliphatic heterocycles. The van der Waals surface area contributed by atoms with Crippen LogP contribution in [-0.2, 0) is 6.54 Å². The fourth-order valence-electron chi connectivity index (χ4n) is 2.47. The van der Waals surface area contributed by atoms with Crippen LogP contribution < -0.4 is 5.32 Å². The molecule has 3 rings (SSSR count). The summed E-state index contributed by atoms with van der Waals surface area (Å²) < 4.78 is 1.91. The molecule has 1 saturated heterocycles. The number of halogens is 1. The zero-order valence-electron chi connectivity index (χ0n) is 11.6. The van der Waals surface area contributed by atoms with Crippen molar-refractivity contribution in [3.05, 3.63) is 42.6 Å². The summed E-state index contributed by atoms with van der Waals surface area (Å²) in [4.78, 5) is 11.0. The number of rotatable bonds is 3. The van der Waals surface area contributed by atoms with E-state index in [1.807, 2.05) is 23.0 Å². The third-order valence-electron chi connectivity index (χ3n) is 3.44. The number of aromatic nitrogens is 3. The summed E-state index contributed by atoms with van der Waals surface area (Å²) in [5, 5.41) is 3.46. The van der Waals surface area contributed by atoms with Gasteiger partial charge in [-0.05, 0) is 18.6 Å². The first-order valence-electron chi connectivity index (χ1n) is 6.70. The highest BCUT2D eigenvalue weighted by molar-refractivity contribution is 5.85. The van der Waals surface area contributed by atoms with E-state index in [9.17, 15) is 0 Å². The van der Waals surface area contributed by atoms with Crippen LogP contribution in [0.25, 0.3) is 5.82 Å². The fraction of sp³-hybridized carbons (Fsp3) is 0.429. The molecule has 0 aromatic carbocycles. The molecule has 0 aliphatic carbocycles. The summed E-state index contributed by atoms with van der Waals surface area (Å²) in [6.45, 7) is 6.48. The Bertz CT molecular complexity index is 511. The molecule has 6 heteroatoms. The summed E-state index contributed by atoms with van der Waals surface area (Å²) in [7, 11) is 0. The van der Waals surface area contributed by atoms with Crippen LogP contribution in [0.2, 0.25) is 0 Å². The number of nitrogens with zero attached hydrogens (tertiary/aromatic N) is 4. The lowest BCUT2D eigenvalue weighted by molar-refractivity contribution is 0.199. The second-order valence-electron chi connectivity index (χ2n) is 5.08. The van der Waals surface area contributed by atoms with Crippen LogP contribution in [0.15, 0.2) is 37.1 Å². The van der Waals surface area contributed by atoms with E-state index in [0.29, 0.717) is 6.04 Å². The van der Waals surface area contributed by atoms with Gasteiger partial charge < -0.3 is 5.32 Å². The summed E-state index contributed by atoms with van der Waals surface area (Å²) in [6.07, 6.45) is 7.39. The van der Waals surface area contributed by atoms with Crippen LogP contribution in [-0.4, -0.2) is 45.1 Å². The summed E-state index contributed by atoms with van der Waals surface area (Å²) >= 11 is 0. The Kier molecular flexibility index (Phi) is 5.11. The van der Waals surface area contributed by atoms with E-state index in [-0.39, 0.29) is 12.4 Å². The molecule has 1 aliphatic rings. The maximum absolute atomic E-state index is 4.49. The maximum Gasteiger partial charge on any atom is 0.137 e. The normalized spacial score (nSPS) is 19.6. The van der Waals surface area contributed by atoms with Gasteiger partial charge >= 0.3 is 0 Å². The molecule has 5 nitrogen and oxygen atoms in total. The van der Waals surface area contributed by atoms with Crippen molar-refractivity contribution in [1.82, 2.24) is 24.8 Å². The van der Waals surface area contributed by atoms with Crippen LogP contribution in [0.4, 0.5) is 0 Å². The molecule has 108 valence electrons. The number of hydrogen-bond donors (Lipinski definition) is 1. The average molecular weight is 294 g/mol. The molecule has 1 fully saturated rings. The Morgan fingerprint density at radius 2 is 2.30 bits per heavy atom. The molecule has 0 amide bonds. The minimum atomic E-state index is 0. The van der Waals surface area contributed by atoms with Gasteiger partial charge in [-0.1, -0.05) is 6.07 Å². The van der Waals surface area contributed by atoms with Gasteiger partial charge in [-0.2, -0.15) is 0 Å². The lowest BCUT2D eigenvalue weighted by atomic mass is 10.2. The molecular weight excluding hydrogens is 274 g/mol. The van der Waals surface area contributed by atoms with Gasteiger partial charge in [0.05, 0.1) is 0 Å². The van der Waals surface area contributed by atoms with Crippen LogP contribution in [0, 0.1) is 0 Å². The second kappa shape index (κ2) is 6.83. The van der Waals surface area contributed by atoms with E-state index < -0.39 is 0 Å². The summed E-state index contributed by atoms with van der Waals surface area (Å²) in [6, 6.07) is 4.77. The molecule has 2 aromatic heterocycles. The predicted molar refractivity (Wildman–Crippen MR) is 81.3 cm³/mol. The lowest BCUT2D eigenvalue weighted by Crippen LogP contribution is -2.48. The van der Waals surface area contributed by atoms with E-state index in [2.05, 4.69) is 33.2 Å². The van der Waals surface area contributed by atoms with Gasteiger partial charge in [0.1, 0.15) is 12.1 Å². The number of piperazine rings is 1. The largest absolute Gasteiger partial charge is 0.312 e.